The van der Waals surface area contributed by atoms with Gasteiger partial charge in [-0.3, -0.25) is 0 Å². The van der Waals surface area contributed by atoms with Gasteiger partial charge in [0.05, 0.1) is 5.69 Å². The van der Waals surface area contributed by atoms with Gasteiger partial charge in [-0.05, 0) is 19.4 Å². The van der Waals surface area contributed by atoms with E-state index in [1.165, 1.54) is 28.4 Å². The number of hydrogen-bond acceptors (Lipinski definition) is 3. The molecule has 4 heteroatoms. The zero-order valence-corrected chi connectivity index (χ0v) is 11.2. The van der Waals surface area contributed by atoms with Gasteiger partial charge in [-0.25, -0.2) is 4.98 Å². The van der Waals surface area contributed by atoms with Crippen LogP contribution < -0.4 is 5.32 Å². The molecule has 0 radical (unpaired) electrons. The van der Waals surface area contributed by atoms with Crippen LogP contribution in [0.2, 0.25) is 0 Å². The van der Waals surface area contributed by atoms with Crippen LogP contribution in [0.15, 0.2) is 0 Å². The first-order chi connectivity index (χ1) is 6.63. The molecule has 1 heterocycles. The van der Waals surface area contributed by atoms with Crippen molar-refractivity contribution in [3.05, 3.63) is 15.6 Å². The number of aromatic nitrogens is 1. The molecule has 0 saturated heterocycles. The summed E-state index contributed by atoms with van der Waals surface area (Å²) < 4.78 is 0. The Bertz CT molecular complexity index is 333. The number of aryl methyl sites for hydroxylation is 1. The van der Waals surface area contributed by atoms with Crippen LogP contribution in [0.5, 0.6) is 0 Å². The lowest BCUT2D eigenvalue weighted by molar-refractivity contribution is 0.507. The van der Waals surface area contributed by atoms with Crippen molar-refractivity contribution in [2.24, 2.45) is 0 Å². The predicted molar refractivity (Wildman–Crippen MR) is 68.1 cm³/mol. The first kappa shape index (κ1) is 12.9. The topological polar surface area (TPSA) is 24.9 Å². The van der Waals surface area contributed by atoms with Gasteiger partial charge in [0.25, 0.3) is 0 Å². The fourth-order valence-corrected chi connectivity index (χ4v) is 3.17. The number of nitrogens with zero attached hydrogens (tertiary/aromatic N) is 1. The number of fused-ring (bicyclic) bond motifs is 1. The molecule has 0 atom stereocenters. The maximum Gasteiger partial charge on any atom is 0.107 e. The van der Waals surface area contributed by atoms with Gasteiger partial charge in [0, 0.05) is 16.8 Å². The normalized spacial score (nSPS) is 17.3. The third kappa shape index (κ3) is 2.52. The SMILES string of the molecule is CCNCc1nc2c(s1)CCC2(C)C.Cl. The van der Waals surface area contributed by atoms with Crippen LogP contribution in [0.25, 0.3) is 0 Å². The number of rotatable bonds is 3. The third-order valence-corrected chi connectivity index (χ3v) is 4.00. The Balaban J connectivity index is 0.00000112. The molecule has 2 rings (SSSR count). The van der Waals surface area contributed by atoms with E-state index >= 15 is 0 Å². The van der Waals surface area contributed by atoms with Crippen molar-refractivity contribution in [3.8, 4) is 0 Å². The maximum atomic E-state index is 4.74. The van der Waals surface area contributed by atoms with Crippen LogP contribution in [-0.2, 0) is 18.4 Å². The summed E-state index contributed by atoms with van der Waals surface area (Å²) in [5.74, 6) is 0. The van der Waals surface area contributed by atoms with E-state index in [1.807, 2.05) is 11.3 Å². The quantitative estimate of drug-likeness (QED) is 0.887. The standard InChI is InChI=1S/C11H18N2S.ClH/c1-4-12-7-9-13-10-8(14-9)5-6-11(10,2)3;/h12H,4-7H2,1-3H3;1H. The monoisotopic (exact) mass is 246 g/mol. The van der Waals surface area contributed by atoms with E-state index in [9.17, 15) is 0 Å². The fraction of sp³-hybridized carbons (Fsp3) is 0.727. The minimum Gasteiger partial charge on any atom is -0.311 e. The molecule has 0 fully saturated rings. The summed E-state index contributed by atoms with van der Waals surface area (Å²) >= 11 is 1.89. The Labute approximate surface area is 102 Å². The highest BCUT2D eigenvalue weighted by Gasteiger charge is 2.33. The molecule has 2 nitrogen and oxygen atoms in total. The third-order valence-electron chi connectivity index (χ3n) is 2.89. The first-order valence-corrected chi connectivity index (χ1v) is 6.15. The molecule has 1 aromatic heterocycles. The summed E-state index contributed by atoms with van der Waals surface area (Å²) in [6.45, 7) is 8.69. The minimum atomic E-state index is 0. The highest BCUT2D eigenvalue weighted by atomic mass is 35.5. The van der Waals surface area contributed by atoms with E-state index in [-0.39, 0.29) is 12.4 Å². The Morgan fingerprint density at radius 1 is 1.47 bits per heavy atom. The molecule has 86 valence electrons. The van der Waals surface area contributed by atoms with E-state index in [0.29, 0.717) is 5.41 Å². The van der Waals surface area contributed by atoms with Gasteiger partial charge in [0.1, 0.15) is 5.01 Å². The van der Waals surface area contributed by atoms with Gasteiger partial charge in [-0.2, -0.15) is 0 Å². The number of hydrogen-bond donors (Lipinski definition) is 1. The molecular weight excluding hydrogens is 228 g/mol. The highest BCUT2D eigenvalue weighted by Crippen LogP contribution is 2.40. The lowest BCUT2D eigenvalue weighted by atomic mass is 9.91. The van der Waals surface area contributed by atoms with Crippen molar-refractivity contribution in [2.45, 2.75) is 45.6 Å². The second-order valence-electron chi connectivity index (χ2n) is 4.54. The van der Waals surface area contributed by atoms with Gasteiger partial charge < -0.3 is 5.32 Å². The molecule has 1 aliphatic carbocycles. The maximum absolute atomic E-state index is 4.74. The Morgan fingerprint density at radius 3 is 2.80 bits per heavy atom. The first-order valence-electron chi connectivity index (χ1n) is 5.33. The molecule has 15 heavy (non-hydrogen) atoms. The molecule has 0 saturated carbocycles. The van der Waals surface area contributed by atoms with Gasteiger partial charge in [0.15, 0.2) is 0 Å². The average Bonchev–Trinajstić information content (AvgIpc) is 2.65. The van der Waals surface area contributed by atoms with Crippen LogP contribution in [-0.4, -0.2) is 11.5 Å². The van der Waals surface area contributed by atoms with Gasteiger partial charge in [-0.1, -0.05) is 20.8 Å². The van der Waals surface area contributed by atoms with E-state index in [0.717, 1.165) is 13.1 Å². The summed E-state index contributed by atoms with van der Waals surface area (Å²) in [6, 6.07) is 0. The Kier molecular flexibility index (Phi) is 4.15. The molecule has 1 aromatic rings. The van der Waals surface area contributed by atoms with Gasteiger partial charge >= 0.3 is 0 Å². The zero-order valence-electron chi connectivity index (χ0n) is 9.59. The molecule has 0 unspecified atom stereocenters. The fourth-order valence-electron chi connectivity index (χ4n) is 1.95. The van der Waals surface area contributed by atoms with Crippen LogP contribution in [0.3, 0.4) is 0 Å². The van der Waals surface area contributed by atoms with E-state index < -0.39 is 0 Å². The smallest absolute Gasteiger partial charge is 0.107 e. The van der Waals surface area contributed by atoms with Crippen LogP contribution >= 0.6 is 23.7 Å². The van der Waals surface area contributed by atoms with E-state index in [4.69, 9.17) is 4.98 Å². The Hall–Kier alpha value is -0.120. The summed E-state index contributed by atoms with van der Waals surface area (Å²) in [6.07, 6.45) is 2.49. The van der Waals surface area contributed by atoms with E-state index in [2.05, 4.69) is 26.1 Å². The van der Waals surface area contributed by atoms with Crippen molar-refractivity contribution in [1.29, 1.82) is 0 Å². The summed E-state index contributed by atoms with van der Waals surface area (Å²) in [5, 5.41) is 4.58. The van der Waals surface area contributed by atoms with Crippen LogP contribution in [0.1, 0.15) is 42.8 Å². The van der Waals surface area contributed by atoms with E-state index in [1.54, 1.807) is 0 Å². The van der Waals surface area contributed by atoms with Crippen molar-refractivity contribution in [2.75, 3.05) is 6.54 Å². The minimum absolute atomic E-state index is 0. The number of thiazole rings is 1. The molecule has 0 bridgehead atoms. The summed E-state index contributed by atoms with van der Waals surface area (Å²) in [5.41, 5.74) is 1.67. The largest absolute Gasteiger partial charge is 0.311 e. The lowest BCUT2D eigenvalue weighted by Gasteiger charge is -2.15. The predicted octanol–water partition coefficient (Wildman–Crippen LogP) is 2.90. The Morgan fingerprint density at radius 2 is 2.20 bits per heavy atom. The van der Waals surface area contributed by atoms with Gasteiger partial charge in [-0.15, -0.1) is 23.7 Å². The average molecular weight is 247 g/mol. The van der Waals surface area contributed by atoms with Crippen LogP contribution in [0.4, 0.5) is 0 Å². The molecule has 0 spiro atoms. The van der Waals surface area contributed by atoms with Crippen molar-refractivity contribution < 1.29 is 0 Å². The van der Waals surface area contributed by atoms with Crippen molar-refractivity contribution >= 4 is 23.7 Å². The molecule has 0 aromatic carbocycles. The summed E-state index contributed by atoms with van der Waals surface area (Å²) in [4.78, 5) is 6.25. The second kappa shape index (κ2) is 4.81. The molecule has 1 N–H and O–H groups in total. The van der Waals surface area contributed by atoms with Crippen molar-refractivity contribution in [3.63, 3.8) is 0 Å². The number of nitrogens with one attached hydrogen (secondary N) is 1. The second-order valence-corrected chi connectivity index (χ2v) is 5.71. The molecule has 0 amide bonds. The van der Waals surface area contributed by atoms with Crippen molar-refractivity contribution in [1.82, 2.24) is 10.3 Å². The molecular formula is C11H19ClN2S. The summed E-state index contributed by atoms with van der Waals surface area (Å²) in [7, 11) is 0. The lowest BCUT2D eigenvalue weighted by Crippen LogP contribution is -2.15. The molecule has 0 aliphatic heterocycles. The van der Waals surface area contributed by atoms with Crippen LogP contribution in [0, 0.1) is 0 Å². The van der Waals surface area contributed by atoms with Gasteiger partial charge in [0.2, 0.25) is 0 Å². The molecule has 1 aliphatic rings. The highest BCUT2D eigenvalue weighted by molar-refractivity contribution is 7.11. The number of halogens is 1. The zero-order chi connectivity index (χ0) is 10.2.